The number of ether oxygens (including phenoxy) is 1. The van der Waals surface area contributed by atoms with E-state index in [0.717, 1.165) is 10.8 Å². The number of benzene rings is 3. The number of hydrogen-bond donors (Lipinski definition) is 2. The minimum atomic E-state index is -1.55. The van der Waals surface area contributed by atoms with E-state index in [4.69, 9.17) is 22.1 Å². The fourth-order valence-corrected chi connectivity index (χ4v) is 3.40. The first-order valence-electron chi connectivity index (χ1n) is 7.48. The van der Waals surface area contributed by atoms with Gasteiger partial charge in [-0.2, -0.15) is 0 Å². The molecule has 4 nitrogen and oxygen atoms in total. The van der Waals surface area contributed by atoms with Crippen LogP contribution in [0.2, 0.25) is 5.02 Å². The summed E-state index contributed by atoms with van der Waals surface area (Å²) in [6.07, 6.45) is 0. The van der Waals surface area contributed by atoms with Crippen molar-refractivity contribution in [1.82, 2.24) is 0 Å². The van der Waals surface area contributed by atoms with Crippen LogP contribution in [0.4, 0.5) is 5.69 Å². The number of hydrogen-bond acceptors (Lipinski definition) is 4. The molecule has 0 fully saturated rings. The van der Waals surface area contributed by atoms with Crippen molar-refractivity contribution in [3.05, 3.63) is 70.7 Å². The SMILES string of the molecule is COc1cc(C2(O)C(N)=Nc3ccc(Cl)cc32)c2ccccc2c1. The van der Waals surface area contributed by atoms with Crippen LogP contribution < -0.4 is 10.5 Å². The van der Waals surface area contributed by atoms with Crippen molar-refractivity contribution in [1.29, 1.82) is 0 Å². The number of amidine groups is 1. The second-order valence-corrected chi connectivity index (χ2v) is 6.20. The Kier molecular flexibility index (Phi) is 3.27. The number of methoxy groups -OCH3 is 1. The highest BCUT2D eigenvalue weighted by Crippen LogP contribution is 2.45. The van der Waals surface area contributed by atoms with E-state index in [9.17, 15) is 5.11 Å². The Hall–Kier alpha value is -2.56. The third-order valence-electron chi connectivity index (χ3n) is 4.42. The van der Waals surface area contributed by atoms with Gasteiger partial charge in [0.1, 0.15) is 11.6 Å². The Balaban J connectivity index is 2.08. The Morgan fingerprint density at radius 3 is 2.67 bits per heavy atom. The first kappa shape index (κ1) is 15.0. The predicted octanol–water partition coefficient (Wildman–Crippen LogP) is 3.74. The Morgan fingerprint density at radius 1 is 1.08 bits per heavy atom. The molecule has 1 unspecified atom stereocenters. The van der Waals surface area contributed by atoms with Gasteiger partial charge >= 0.3 is 0 Å². The van der Waals surface area contributed by atoms with Gasteiger partial charge in [0.2, 0.25) is 0 Å². The molecule has 4 rings (SSSR count). The maximum atomic E-state index is 11.6. The lowest BCUT2D eigenvalue weighted by Gasteiger charge is -2.27. The van der Waals surface area contributed by atoms with Crippen molar-refractivity contribution >= 4 is 33.9 Å². The topological polar surface area (TPSA) is 67.8 Å². The summed E-state index contributed by atoms with van der Waals surface area (Å²) in [6, 6.07) is 16.7. The Bertz CT molecular complexity index is 1000. The van der Waals surface area contributed by atoms with Crippen molar-refractivity contribution in [2.75, 3.05) is 7.11 Å². The molecule has 1 aliphatic heterocycles. The average molecular weight is 339 g/mol. The van der Waals surface area contributed by atoms with Crippen LogP contribution in [0.5, 0.6) is 5.75 Å². The standard InChI is InChI=1S/C19H15ClN2O2/c1-24-13-8-11-4-2-3-5-14(11)15(10-13)19(23)16-9-12(20)6-7-17(16)22-18(19)21/h2-10,23H,1H3,(H2,21,22). The third-order valence-corrected chi connectivity index (χ3v) is 4.66. The van der Waals surface area contributed by atoms with E-state index < -0.39 is 5.60 Å². The van der Waals surface area contributed by atoms with Crippen LogP contribution in [0.3, 0.4) is 0 Å². The molecule has 1 heterocycles. The van der Waals surface area contributed by atoms with Crippen molar-refractivity contribution in [3.8, 4) is 5.75 Å². The second kappa shape index (κ2) is 5.23. The zero-order valence-electron chi connectivity index (χ0n) is 13.0. The Morgan fingerprint density at radius 2 is 1.88 bits per heavy atom. The quantitative estimate of drug-likeness (QED) is 0.748. The van der Waals surface area contributed by atoms with Crippen LogP contribution in [-0.2, 0) is 5.60 Å². The summed E-state index contributed by atoms with van der Waals surface area (Å²) < 4.78 is 5.40. The van der Waals surface area contributed by atoms with Crippen LogP contribution >= 0.6 is 11.6 Å². The number of nitrogens with two attached hydrogens (primary N) is 1. The second-order valence-electron chi connectivity index (χ2n) is 5.77. The highest BCUT2D eigenvalue weighted by Gasteiger charge is 2.43. The van der Waals surface area contributed by atoms with Crippen molar-refractivity contribution in [2.24, 2.45) is 10.7 Å². The van der Waals surface area contributed by atoms with Gasteiger partial charge in [-0.05, 0) is 41.1 Å². The number of aliphatic imine (C=N–C) groups is 1. The van der Waals surface area contributed by atoms with E-state index in [2.05, 4.69) is 4.99 Å². The summed E-state index contributed by atoms with van der Waals surface area (Å²) in [5, 5.41) is 13.9. The summed E-state index contributed by atoms with van der Waals surface area (Å²) in [6.45, 7) is 0. The van der Waals surface area contributed by atoms with Crippen LogP contribution in [0.1, 0.15) is 11.1 Å². The zero-order valence-corrected chi connectivity index (χ0v) is 13.7. The molecule has 0 aromatic heterocycles. The lowest BCUT2D eigenvalue weighted by atomic mass is 9.83. The van der Waals surface area contributed by atoms with Gasteiger partial charge < -0.3 is 15.6 Å². The molecule has 3 aromatic rings. The van der Waals surface area contributed by atoms with Crippen molar-refractivity contribution in [2.45, 2.75) is 5.60 Å². The summed E-state index contributed by atoms with van der Waals surface area (Å²) in [5.74, 6) is 0.763. The molecule has 0 saturated heterocycles. The number of rotatable bonds is 2. The van der Waals surface area contributed by atoms with E-state index in [1.165, 1.54) is 0 Å². The predicted molar refractivity (Wildman–Crippen MR) is 96.2 cm³/mol. The zero-order chi connectivity index (χ0) is 16.9. The molecule has 0 spiro atoms. The molecule has 24 heavy (non-hydrogen) atoms. The summed E-state index contributed by atoms with van der Waals surface area (Å²) in [7, 11) is 1.59. The van der Waals surface area contributed by atoms with E-state index in [-0.39, 0.29) is 5.84 Å². The molecule has 1 aliphatic rings. The first-order chi connectivity index (χ1) is 11.5. The smallest absolute Gasteiger partial charge is 0.175 e. The maximum absolute atomic E-state index is 11.6. The van der Waals surface area contributed by atoms with Crippen molar-refractivity contribution in [3.63, 3.8) is 0 Å². The van der Waals surface area contributed by atoms with Gasteiger partial charge in [0.05, 0.1) is 12.8 Å². The van der Waals surface area contributed by atoms with Crippen LogP contribution in [0, 0.1) is 0 Å². The van der Waals surface area contributed by atoms with Gasteiger partial charge in [0.15, 0.2) is 5.60 Å². The minimum Gasteiger partial charge on any atom is -0.497 e. The largest absolute Gasteiger partial charge is 0.497 e. The Labute approximate surface area is 144 Å². The molecule has 0 bridgehead atoms. The van der Waals surface area contributed by atoms with Gasteiger partial charge in [0.25, 0.3) is 0 Å². The number of fused-ring (bicyclic) bond motifs is 2. The van der Waals surface area contributed by atoms with E-state index >= 15 is 0 Å². The van der Waals surface area contributed by atoms with Crippen LogP contribution in [0.25, 0.3) is 10.8 Å². The molecule has 1 atom stereocenters. The summed E-state index contributed by atoms with van der Waals surface area (Å²) >= 11 is 6.14. The molecular formula is C19H15ClN2O2. The van der Waals surface area contributed by atoms with Gasteiger partial charge in [-0.1, -0.05) is 35.9 Å². The molecule has 0 radical (unpaired) electrons. The molecule has 0 amide bonds. The lowest BCUT2D eigenvalue weighted by molar-refractivity contribution is 0.160. The van der Waals surface area contributed by atoms with E-state index in [1.807, 2.05) is 30.3 Å². The average Bonchev–Trinajstić information content (AvgIpc) is 2.85. The molecular weight excluding hydrogens is 324 g/mol. The number of aliphatic hydroxyl groups is 1. The fraction of sp³-hybridized carbons (Fsp3) is 0.105. The van der Waals surface area contributed by atoms with E-state index in [1.54, 1.807) is 31.4 Å². The highest BCUT2D eigenvalue weighted by atomic mass is 35.5. The monoisotopic (exact) mass is 338 g/mol. The first-order valence-corrected chi connectivity index (χ1v) is 7.86. The maximum Gasteiger partial charge on any atom is 0.175 e. The number of halogens is 1. The van der Waals surface area contributed by atoms with Gasteiger partial charge in [-0.3, -0.25) is 0 Å². The molecule has 0 aliphatic carbocycles. The van der Waals surface area contributed by atoms with Crippen LogP contribution in [0.15, 0.2) is 59.6 Å². The molecule has 0 saturated carbocycles. The molecule has 120 valence electrons. The summed E-state index contributed by atoms with van der Waals surface area (Å²) in [4.78, 5) is 4.33. The van der Waals surface area contributed by atoms with Gasteiger partial charge in [-0.15, -0.1) is 0 Å². The van der Waals surface area contributed by atoms with Crippen molar-refractivity contribution < 1.29 is 9.84 Å². The normalized spacial score (nSPS) is 19.2. The molecule has 3 aromatic carbocycles. The van der Waals surface area contributed by atoms with Crippen LogP contribution in [-0.4, -0.2) is 18.1 Å². The van der Waals surface area contributed by atoms with Gasteiger partial charge in [0, 0.05) is 16.1 Å². The third kappa shape index (κ3) is 2.00. The molecule has 5 heteroatoms. The number of nitrogens with zero attached hydrogens (tertiary/aromatic N) is 1. The highest BCUT2D eigenvalue weighted by molar-refractivity contribution is 6.30. The minimum absolute atomic E-state index is 0.123. The lowest BCUT2D eigenvalue weighted by Crippen LogP contribution is -2.39. The van der Waals surface area contributed by atoms with Gasteiger partial charge in [-0.25, -0.2) is 4.99 Å². The van der Waals surface area contributed by atoms with E-state index in [0.29, 0.717) is 27.6 Å². The fourth-order valence-electron chi connectivity index (χ4n) is 3.23. The molecule has 3 N–H and O–H groups in total. The summed E-state index contributed by atoms with van der Waals surface area (Å²) in [5.41, 5.74) is 6.41.